The molecule has 0 N–H and O–H groups in total. The van der Waals surface area contributed by atoms with Crippen LogP contribution in [0.5, 0.6) is 0 Å². The van der Waals surface area contributed by atoms with Gasteiger partial charge in [0.25, 0.3) is 0 Å². The Bertz CT molecular complexity index is 310. The highest BCUT2D eigenvalue weighted by Crippen LogP contribution is 1.97. The van der Waals surface area contributed by atoms with E-state index in [-0.39, 0.29) is 5.82 Å². The second-order valence-corrected chi connectivity index (χ2v) is 3.87. The molecule has 1 amide bonds. The van der Waals surface area contributed by atoms with Crippen LogP contribution in [0.25, 0.3) is 0 Å². The van der Waals surface area contributed by atoms with E-state index in [4.69, 9.17) is 0 Å². The van der Waals surface area contributed by atoms with Gasteiger partial charge in [-0.1, -0.05) is 25.1 Å². The molecule has 0 aromatic heterocycles. The molecule has 1 heterocycles. The number of amides is 1. The van der Waals surface area contributed by atoms with Crippen LogP contribution in [0.1, 0.15) is 6.92 Å². The summed E-state index contributed by atoms with van der Waals surface area (Å²) in [4.78, 5) is 14.4. The number of halogens is 1. The Morgan fingerprint density at radius 1 is 1.18 bits per heavy atom. The number of likely N-dealkylation sites (N-methyl/N-ethyl adjacent to an activating group) is 1. The average molecular weight is 238 g/mol. The lowest BCUT2D eigenvalue weighted by atomic mass is 10.3. The molecule has 1 fully saturated rings. The SMILES string of the molecule is CCN1CCN(C=O)CC1.Fc1ccccc1. The minimum Gasteiger partial charge on any atom is -0.343 e. The van der Waals surface area contributed by atoms with E-state index in [1.165, 1.54) is 12.1 Å². The second kappa shape index (κ2) is 7.79. The fraction of sp³-hybridized carbons (Fsp3) is 0.462. The molecule has 0 spiro atoms. The zero-order chi connectivity index (χ0) is 12.5. The molecular weight excluding hydrogens is 219 g/mol. The molecule has 0 bridgehead atoms. The van der Waals surface area contributed by atoms with Crippen molar-refractivity contribution in [1.29, 1.82) is 0 Å². The van der Waals surface area contributed by atoms with Crippen LogP contribution in [0.4, 0.5) is 4.39 Å². The van der Waals surface area contributed by atoms with Crippen LogP contribution < -0.4 is 0 Å². The summed E-state index contributed by atoms with van der Waals surface area (Å²) < 4.78 is 11.9. The molecule has 0 radical (unpaired) electrons. The number of nitrogens with zero attached hydrogens (tertiary/aromatic N) is 2. The second-order valence-electron chi connectivity index (χ2n) is 3.87. The zero-order valence-electron chi connectivity index (χ0n) is 10.2. The Hall–Kier alpha value is -1.42. The first kappa shape index (κ1) is 13.6. The lowest BCUT2D eigenvalue weighted by Crippen LogP contribution is -2.45. The van der Waals surface area contributed by atoms with Crippen molar-refractivity contribution in [2.75, 3.05) is 32.7 Å². The van der Waals surface area contributed by atoms with E-state index in [9.17, 15) is 9.18 Å². The lowest BCUT2D eigenvalue weighted by molar-refractivity contribution is -0.119. The van der Waals surface area contributed by atoms with Gasteiger partial charge in [0.05, 0.1) is 0 Å². The molecule has 4 heteroatoms. The summed E-state index contributed by atoms with van der Waals surface area (Å²) in [6.45, 7) is 7.13. The minimum atomic E-state index is -0.178. The zero-order valence-corrected chi connectivity index (χ0v) is 10.2. The fourth-order valence-corrected chi connectivity index (χ4v) is 1.60. The summed E-state index contributed by atoms with van der Waals surface area (Å²) in [7, 11) is 0. The van der Waals surface area contributed by atoms with Gasteiger partial charge in [0.2, 0.25) is 6.41 Å². The molecule has 0 aliphatic carbocycles. The van der Waals surface area contributed by atoms with Crippen molar-refractivity contribution >= 4 is 6.41 Å². The van der Waals surface area contributed by atoms with Crippen molar-refractivity contribution in [3.8, 4) is 0 Å². The lowest BCUT2D eigenvalue weighted by Gasteiger charge is -2.31. The largest absolute Gasteiger partial charge is 0.343 e. The van der Waals surface area contributed by atoms with Gasteiger partial charge in [0.15, 0.2) is 0 Å². The summed E-state index contributed by atoms with van der Waals surface area (Å²) in [6.07, 6.45) is 0.938. The maximum absolute atomic E-state index is 11.9. The van der Waals surface area contributed by atoms with Gasteiger partial charge in [-0.05, 0) is 18.7 Å². The molecule has 3 nitrogen and oxygen atoms in total. The first-order valence-corrected chi connectivity index (χ1v) is 5.88. The van der Waals surface area contributed by atoms with E-state index in [0.717, 1.165) is 39.1 Å². The number of hydrogen-bond donors (Lipinski definition) is 0. The average Bonchev–Trinajstić information content (AvgIpc) is 2.40. The van der Waals surface area contributed by atoms with Crippen molar-refractivity contribution in [3.63, 3.8) is 0 Å². The topological polar surface area (TPSA) is 23.6 Å². The molecule has 0 atom stereocenters. The quantitative estimate of drug-likeness (QED) is 0.731. The van der Waals surface area contributed by atoms with Crippen LogP contribution in [-0.4, -0.2) is 48.9 Å². The van der Waals surface area contributed by atoms with Gasteiger partial charge < -0.3 is 9.80 Å². The Morgan fingerprint density at radius 2 is 1.76 bits per heavy atom. The predicted molar refractivity (Wildman–Crippen MR) is 66.2 cm³/mol. The van der Waals surface area contributed by atoms with E-state index in [1.54, 1.807) is 18.2 Å². The molecule has 1 aromatic rings. The van der Waals surface area contributed by atoms with Crippen molar-refractivity contribution in [3.05, 3.63) is 36.1 Å². The number of hydrogen-bond acceptors (Lipinski definition) is 2. The van der Waals surface area contributed by atoms with E-state index in [1.807, 2.05) is 4.90 Å². The number of piperazine rings is 1. The Morgan fingerprint density at radius 3 is 2.12 bits per heavy atom. The van der Waals surface area contributed by atoms with Gasteiger partial charge >= 0.3 is 0 Å². The van der Waals surface area contributed by atoms with Gasteiger partial charge in [0, 0.05) is 26.2 Å². The summed E-state index contributed by atoms with van der Waals surface area (Å²) >= 11 is 0. The monoisotopic (exact) mass is 238 g/mol. The minimum absolute atomic E-state index is 0.178. The Balaban J connectivity index is 0.000000181. The molecular formula is C13H19FN2O. The summed E-state index contributed by atoms with van der Waals surface area (Å²) in [5.41, 5.74) is 0. The summed E-state index contributed by atoms with van der Waals surface area (Å²) in [5, 5.41) is 0. The van der Waals surface area contributed by atoms with Gasteiger partial charge in [-0.25, -0.2) is 4.39 Å². The third-order valence-corrected chi connectivity index (χ3v) is 2.74. The summed E-state index contributed by atoms with van der Waals surface area (Å²) in [5.74, 6) is -0.178. The van der Waals surface area contributed by atoms with Crippen LogP contribution in [0.2, 0.25) is 0 Å². The van der Waals surface area contributed by atoms with Gasteiger partial charge in [-0.3, -0.25) is 4.79 Å². The van der Waals surface area contributed by atoms with Crippen molar-refractivity contribution in [2.24, 2.45) is 0 Å². The molecule has 1 aliphatic heterocycles. The maximum Gasteiger partial charge on any atom is 0.209 e. The normalized spacial score (nSPS) is 16.0. The Kier molecular flexibility index (Phi) is 6.25. The van der Waals surface area contributed by atoms with Gasteiger partial charge in [0.1, 0.15) is 5.82 Å². The molecule has 1 aliphatic rings. The third-order valence-electron chi connectivity index (χ3n) is 2.74. The van der Waals surface area contributed by atoms with E-state index >= 15 is 0 Å². The van der Waals surface area contributed by atoms with E-state index < -0.39 is 0 Å². The van der Waals surface area contributed by atoms with Crippen molar-refractivity contribution in [2.45, 2.75) is 6.92 Å². The molecule has 94 valence electrons. The first-order chi connectivity index (χ1) is 8.26. The molecule has 0 unspecified atom stereocenters. The highest BCUT2D eigenvalue weighted by molar-refractivity contribution is 5.47. The molecule has 0 saturated carbocycles. The fourth-order valence-electron chi connectivity index (χ4n) is 1.60. The standard InChI is InChI=1S/C7H14N2O.C6H5F/c1-2-8-3-5-9(7-10)6-4-8;7-6-4-2-1-3-5-6/h7H,2-6H2,1H3;1-5H. The van der Waals surface area contributed by atoms with Crippen LogP contribution in [0, 0.1) is 5.82 Å². The number of carbonyl (C=O) groups excluding carboxylic acids is 1. The third kappa shape index (κ3) is 5.45. The highest BCUT2D eigenvalue weighted by Gasteiger charge is 2.12. The van der Waals surface area contributed by atoms with Crippen LogP contribution in [-0.2, 0) is 4.79 Å². The summed E-state index contributed by atoms with van der Waals surface area (Å²) in [6, 6.07) is 7.94. The van der Waals surface area contributed by atoms with E-state index in [0.29, 0.717) is 0 Å². The maximum atomic E-state index is 11.9. The number of rotatable bonds is 2. The predicted octanol–water partition coefficient (Wildman–Crippen LogP) is 1.61. The van der Waals surface area contributed by atoms with Gasteiger partial charge in [-0.2, -0.15) is 0 Å². The van der Waals surface area contributed by atoms with Crippen LogP contribution >= 0.6 is 0 Å². The number of carbonyl (C=O) groups is 1. The van der Waals surface area contributed by atoms with Crippen molar-refractivity contribution in [1.82, 2.24) is 9.80 Å². The van der Waals surface area contributed by atoms with Gasteiger partial charge in [-0.15, -0.1) is 0 Å². The molecule has 1 saturated heterocycles. The molecule has 1 aromatic carbocycles. The van der Waals surface area contributed by atoms with Crippen LogP contribution in [0.3, 0.4) is 0 Å². The van der Waals surface area contributed by atoms with Crippen molar-refractivity contribution < 1.29 is 9.18 Å². The van der Waals surface area contributed by atoms with E-state index in [2.05, 4.69) is 11.8 Å². The molecule has 17 heavy (non-hydrogen) atoms. The Labute approximate surface area is 102 Å². The van der Waals surface area contributed by atoms with Crippen LogP contribution in [0.15, 0.2) is 30.3 Å². The first-order valence-electron chi connectivity index (χ1n) is 5.88. The number of benzene rings is 1. The molecule has 2 rings (SSSR count). The smallest absolute Gasteiger partial charge is 0.209 e. The highest BCUT2D eigenvalue weighted by atomic mass is 19.1.